The van der Waals surface area contributed by atoms with E-state index in [2.05, 4.69) is 31.2 Å². The summed E-state index contributed by atoms with van der Waals surface area (Å²) in [5, 5.41) is 12.6. The number of rotatable bonds is 3. The van der Waals surface area contributed by atoms with Crippen LogP contribution in [0, 0.1) is 25.2 Å². The lowest BCUT2D eigenvalue weighted by Crippen LogP contribution is -2.40. The summed E-state index contributed by atoms with van der Waals surface area (Å²) in [5.41, 5.74) is 7.68. The van der Waals surface area contributed by atoms with E-state index < -0.39 is 0 Å². The van der Waals surface area contributed by atoms with Crippen LogP contribution in [0.25, 0.3) is 0 Å². The van der Waals surface area contributed by atoms with Gasteiger partial charge in [-0.05, 0) is 38.3 Å². The highest BCUT2D eigenvalue weighted by atomic mass is 16.1. The highest BCUT2D eigenvalue weighted by molar-refractivity contribution is 5.49. The van der Waals surface area contributed by atoms with Crippen molar-refractivity contribution in [1.29, 1.82) is 5.26 Å². The van der Waals surface area contributed by atoms with Gasteiger partial charge in [-0.25, -0.2) is 4.98 Å². The van der Waals surface area contributed by atoms with Gasteiger partial charge in [-0.2, -0.15) is 10.2 Å². The highest BCUT2D eigenvalue weighted by Gasteiger charge is 2.21. The molecule has 0 bridgehead atoms. The molecule has 3 heterocycles. The molecule has 0 unspecified atom stereocenters. The number of nitrogen functional groups attached to an aromatic ring is 1. The van der Waals surface area contributed by atoms with E-state index in [9.17, 15) is 4.79 Å². The summed E-state index contributed by atoms with van der Waals surface area (Å²) in [5.74, 6) is 1.55. The van der Waals surface area contributed by atoms with Crippen LogP contribution < -0.4 is 21.5 Å². The standard InChI is InChI=1S/C17H21N7O/c1-10-7-14(20-11(2)13(10)9-18)21-12-3-5-24(6-4-12)15-8-16(25)23-17(19)22-15/h7-8,12H,3-6H2,1-2H3,(H,20,21)(H3,19,22,23,25). The van der Waals surface area contributed by atoms with Gasteiger partial charge in [0, 0.05) is 25.2 Å². The van der Waals surface area contributed by atoms with Crippen LogP contribution >= 0.6 is 0 Å². The van der Waals surface area contributed by atoms with Gasteiger partial charge in [-0.3, -0.25) is 9.78 Å². The molecule has 130 valence electrons. The van der Waals surface area contributed by atoms with Gasteiger partial charge in [-0.1, -0.05) is 0 Å². The molecular weight excluding hydrogens is 318 g/mol. The number of aromatic nitrogens is 3. The Balaban J connectivity index is 1.65. The quantitative estimate of drug-likeness (QED) is 0.770. The lowest BCUT2D eigenvalue weighted by molar-refractivity contribution is 0.522. The summed E-state index contributed by atoms with van der Waals surface area (Å²) in [4.78, 5) is 24.7. The molecule has 8 heteroatoms. The molecule has 0 atom stereocenters. The molecule has 1 saturated heterocycles. The largest absolute Gasteiger partial charge is 0.369 e. The van der Waals surface area contributed by atoms with E-state index in [0.29, 0.717) is 11.4 Å². The van der Waals surface area contributed by atoms with Crippen molar-refractivity contribution >= 4 is 17.6 Å². The van der Waals surface area contributed by atoms with Crippen LogP contribution in [0.5, 0.6) is 0 Å². The number of aromatic amines is 1. The molecule has 1 aliphatic heterocycles. The maximum absolute atomic E-state index is 11.5. The molecule has 4 N–H and O–H groups in total. The molecule has 0 saturated carbocycles. The summed E-state index contributed by atoms with van der Waals surface area (Å²) in [6.07, 6.45) is 1.79. The van der Waals surface area contributed by atoms with Crippen molar-refractivity contribution < 1.29 is 0 Å². The van der Waals surface area contributed by atoms with Crippen LogP contribution in [-0.2, 0) is 0 Å². The summed E-state index contributed by atoms with van der Waals surface area (Å²) in [6.45, 7) is 5.33. The van der Waals surface area contributed by atoms with Gasteiger partial charge in [-0.15, -0.1) is 0 Å². The van der Waals surface area contributed by atoms with Crippen LogP contribution in [0.4, 0.5) is 17.6 Å². The summed E-state index contributed by atoms with van der Waals surface area (Å²) in [7, 11) is 0. The number of hydrogen-bond acceptors (Lipinski definition) is 7. The number of aryl methyl sites for hydroxylation is 2. The molecule has 3 rings (SSSR count). The normalized spacial score (nSPS) is 15.0. The van der Waals surface area contributed by atoms with E-state index in [1.165, 1.54) is 6.07 Å². The second-order valence-corrected chi connectivity index (χ2v) is 6.29. The zero-order valence-electron chi connectivity index (χ0n) is 14.3. The third kappa shape index (κ3) is 3.71. The summed E-state index contributed by atoms with van der Waals surface area (Å²) >= 11 is 0. The Hall–Kier alpha value is -3.08. The minimum Gasteiger partial charge on any atom is -0.369 e. The van der Waals surface area contributed by atoms with Crippen LogP contribution in [0.1, 0.15) is 29.7 Å². The molecule has 0 spiro atoms. The zero-order chi connectivity index (χ0) is 18.0. The molecule has 0 aliphatic carbocycles. The Morgan fingerprint density at radius 1 is 1.32 bits per heavy atom. The Morgan fingerprint density at radius 2 is 2.04 bits per heavy atom. The second kappa shape index (κ2) is 6.81. The lowest BCUT2D eigenvalue weighted by atomic mass is 10.0. The fourth-order valence-electron chi connectivity index (χ4n) is 3.16. The summed E-state index contributed by atoms with van der Waals surface area (Å²) in [6, 6.07) is 5.86. The Morgan fingerprint density at radius 3 is 2.64 bits per heavy atom. The van der Waals surface area contributed by atoms with Gasteiger partial charge >= 0.3 is 0 Å². The average molecular weight is 339 g/mol. The van der Waals surface area contributed by atoms with Gasteiger partial charge < -0.3 is 16.0 Å². The van der Waals surface area contributed by atoms with E-state index in [4.69, 9.17) is 11.0 Å². The minimum atomic E-state index is -0.240. The number of nitrogens with zero attached hydrogens (tertiary/aromatic N) is 4. The van der Waals surface area contributed by atoms with Crippen LogP contribution in [0.2, 0.25) is 0 Å². The molecule has 1 fully saturated rings. The Labute approximate surface area is 145 Å². The van der Waals surface area contributed by atoms with Crippen molar-refractivity contribution in [3.63, 3.8) is 0 Å². The van der Waals surface area contributed by atoms with E-state index >= 15 is 0 Å². The topological polar surface area (TPSA) is 124 Å². The van der Waals surface area contributed by atoms with Crippen LogP contribution in [-0.4, -0.2) is 34.1 Å². The number of nitriles is 1. The first-order valence-corrected chi connectivity index (χ1v) is 8.23. The van der Waals surface area contributed by atoms with E-state index in [0.717, 1.165) is 43.0 Å². The minimum absolute atomic E-state index is 0.135. The molecule has 1 aliphatic rings. The first-order valence-electron chi connectivity index (χ1n) is 8.23. The average Bonchev–Trinajstić information content (AvgIpc) is 2.54. The first-order chi connectivity index (χ1) is 12.0. The Kier molecular flexibility index (Phi) is 4.57. The predicted octanol–water partition coefficient (Wildman–Crippen LogP) is 1.32. The maximum Gasteiger partial charge on any atom is 0.254 e. The molecule has 2 aromatic rings. The number of pyridine rings is 1. The van der Waals surface area contributed by atoms with Crippen LogP contribution in [0.15, 0.2) is 16.9 Å². The molecular formula is C17H21N7O. The number of hydrogen-bond donors (Lipinski definition) is 3. The van der Waals surface area contributed by atoms with Gasteiger partial charge in [0.25, 0.3) is 5.56 Å². The van der Waals surface area contributed by atoms with Crippen molar-refractivity contribution in [1.82, 2.24) is 15.0 Å². The molecule has 0 amide bonds. The van der Waals surface area contributed by atoms with Gasteiger partial charge in [0.2, 0.25) is 5.95 Å². The third-order valence-corrected chi connectivity index (χ3v) is 4.43. The highest BCUT2D eigenvalue weighted by Crippen LogP contribution is 2.21. The van der Waals surface area contributed by atoms with Gasteiger partial charge in [0.1, 0.15) is 17.7 Å². The fourth-order valence-corrected chi connectivity index (χ4v) is 3.16. The van der Waals surface area contributed by atoms with Crippen molar-refractivity contribution in [3.8, 4) is 6.07 Å². The molecule has 2 aromatic heterocycles. The lowest BCUT2D eigenvalue weighted by Gasteiger charge is -2.33. The first kappa shape index (κ1) is 16.8. The number of nitrogens with one attached hydrogen (secondary N) is 2. The number of H-pyrrole nitrogens is 1. The van der Waals surface area contributed by atoms with Gasteiger partial charge in [0.05, 0.1) is 11.3 Å². The van der Waals surface area contributed by atoms with Crippen molar-refractivity contribution in [3.05, 3.63) is 39.3 Å². The third-order valence-electron chi connectivity index (χ3n) is 4.43. The molecule has 8 nitrogen and oxygen atoms in total. The molecule has 25 heavy (non-hydrogen) atoms. The van der Waals surface area contributed by atoms with E-state index in [-0.39, 0.29) is 17.5 Å². The zero-order valence-corrected chi connectivity index (χ0v) is 14.3. The Bertz CT molecular complexity index is 852. The van der Waals surface area contributed by atoms with Gasteiger partial charge in [0.15, 0.2) is 0 Å². The SMILES string of the molecule is Cc1cc(NC2CCN(c3cc(=O)[nH]c(N)n3)CC2)nc(C)c1C#N. The number of nitrogens with two attached hydrogens (primary N) is 1. The van der Waals surface area contributed by atoms with E-state index in [1.807, 2.05) is 19.9 Å². The van der Waals surface area contributed by atoms with Crippen LogP contribution in [0.3, 0.4) is 0 Å². The second-order valence-electron chi connectivity index (χ2n) is 6.29. The molecule has 0 radical (unpaired) electrons. The summed E-state index contributed by atoms with van der Waals surface area (Å²) < 4.78 is 0. The van der Waals surface area contributed by atoms with Crippen molar-refractivity contribution in [2.75, 3.05) is 29.0 Å². The number of piperidine rings is 1. The maximum atomic E-state index is 11.5. The van der Waals surface area contributed by atoms with Crippen molar-refractivity contribution in [2.24, 2.45) is 0 Å². The van der Waals surface area contributed by atoms with E-state index in [1.54, 1.807) is 0 Å². The van der Waals surface area contributed by atoms with Crippen molar-refractivity contribution in [2.45, 2.75) is 32.7 Å². The molecule has 0 aromatic carbocycles. The number of anilines is 3. The smallest absolute Gasteiger partial charge is 0.254 e. The monoisotopic (exact) mass is 339 g/mol. The fraction of sp³-hybridized carbons (Fsp3) is 0.412. The predicted molar refractivity (Wildman–Crippen MR) is 96.6 cm³/mol.